The Morgan fingerprint density at radius 2 is 2.24 bits per heavy atom. The zero-order valence-corrected chi connectivity index (χ0v) is 11.4. The lowest BCUT2D eigenvalue weighted by Crippen LogP contribution is -2.23. The van der Waals surface area contributed by atoms with Gasteiger partial charge in [-0.3, -0.25) is 4.99 Å². The Morgan fingerprint density at radius 3 is 2.82 bits per heavy atom. The fraction of sp³-hybridized carbons (Fsp3) is 0.500. The van der Waals surface area contributed by atoms with Crippen LogP contribution in [0.15, 0.2) is 29.4 Å². The van der Waals surface area contributed by atoms with Gasteiger partial charge in [0.1, 0.15) is 5.82 Å². The Kier molecular flexibility index (Phi) is 5.28. The number of pyridine rings is 1. The van der Waals surface area contributed by atoms with E-state index >= 15 is 0 Å². The molecule has 0 aliphatic rings. The average molecular weight is 252 g/mol. The third-order valence-corrected chi connectivity index (χ3v) is 3.08. The molecule has 0 atom stereocenters. The van der Waals surface area contributed by atoms with Crippen molar-refractivity contribution in [1.29, 1.82) is 0 Å². The topological polar surface area (TPSA) is 63.3 Å². The van der Waals surface area contributed by atoms with Gasteiger partial charge in [0.05, 0.1) is 6.54 Å². The number of nitrogens with zero attached hydrogens (tertiary/aromatic N) is 2. The van der Waals surface area contributed by atoms with Crippen molar-refractivity contribution in [3.63, 3.8) is 0 Å². The molecule has 0 fully saturated rings. The maximum absolute atomic E-state index is 5.75. The number of aromatic nitrogens is 1. The molecule has 0 bridgehead atoms. The molecular formula is C12H20N4S. The number of nitrogens with one attached hydrogen (secondary N) is 1. The highest BCUT2D eigenvalue weighted by Crippen LogP contribution is 2.22. The highest BCUT2D eigenvalue weighted by molar-refractivity contribution is 8.00. The number of hydrogen-bond donors (Lipinski definition) is 2. The highest BCUT2D eigenvalue weighted by atomic mass is 32.2. The summed E-state index contributed by atoms with van der Waals surface area (Å²) in [5, 5.41) is 2.95. The summed E-state index contributed by atoms with van der Waals surface area (Å²) in [6.07, 6.45) is 1.71. The van der Waals surface area contributed by atoms with E-state index in [1.807, 2.05) is 30.0 Å². The number of aliphatic imine (C=N–C) groups is 1. The minimum Gasteiger partial charge on any atom is -0.370 e. The molecule has 0 saturated heterocycles. The van der Waals surface area contributed by atoms with Crippen LogP contribution in [0.5, 0.6) is 0 Å². The second-order valence-corrected chi connectivity index (χ2v) is 6.49. The van der Waals surface area contributed by atoms with E-state index in [4.69, 9.17) is 5.73 Å². The van der Waals surface area contributed by atoms with Gasteiger partial charge in [-0.15, -0.1) is 0 Å². The van der Waals surface area contributed by atoms with Gasteiger partial charge in [-0.25, -0.2) is 4.98 Å². The molecule has 3 N–H and O–H groups in total. The van der Waals surface area contributed by atoms with Gasteiger partial charge in [-0.1, -0.05) is 26.8 Å². The molecule has 1 aromatic heterocycles. The molecule has 17 heavy (non-hydrogen) atoms. The lowest BCUT2D eigenvalue weighted by Gasteiger charge is -2.16. The third-order valence-electron chi connectivity index (χ3n) is 1.83. The van der Waals surface area contributed by atoms with Crippen LogP contribution in [0.2, 0.25) is 0 Å². The van der Waals surface area contributed by atoms with Gasteiger partial charge in [0, 0.05) is 16.7 Å². The van der Waals surface area contributed by atoms with E-state index in [-0.39, 0.29) is 4.75 Å². The van der Waals surface area contributed by atoms with Crippen LogP contribution < -0.4 is 11.1 Å². The van der Waals surface area contributed by atoms with Crippen LogP contribution in [0.25, 0.3) is 0 Å². The van der Waals surface area contributed by atoms with E-state index in [2.05, 4.69) is 36.1 Å². The van der Waals surface area contributed by atoms with E-state index in [1.54, 1.807) is 6.20 Å². The summed E-state index contributed by atoms with van der Waals surface area (Å²) in [6.45, 7) is 7.29. The largest absolute Gasteiger partial charge is 0.370 e. The Labute approximate surface area is 107 Å². The van der Waals surface area contributed by atoms with Crippen LogP contribution in [-0.4, -0.2) is 28.0 Å². The van der Waals surface area contributed by atoms with Crippen LogP contribution in [-0.2, 0) is 0 Å². The molecule has 0 radical (unpaired) electrons. The van der Waals surface area contributed by atoms with E-state index in [1.165, 1.54) is 0 Å². The van der Waals surface area contributed by atoms with Crippen molar-refractivity contribution in [2.24, 2.45) is 10.7 Å². The standard InChI is InChI=1S/C12H20N4S/c1-12(2,3)17-9-8-15-11(13)16-10-6-4-5-7-14-10/h4-7H,8-9H2,1-3H3,(H3,13,14,15,16). The molecule has 0 aliphatic carbocycles. The van der Waals surface area contributed by atoms with Gasteiger partial charge in [0.25, 0.3) is 0 Å². The van der Waals surface area contributed by atoms with Crippen molar-refractivity contribution in [1.82, 2.24) is 4.98 Å². The predicted molar refractivity (Wildman–Crippen MR) is 76.6 cm³/mol. The number of anilines is 1. The number of thioether (sulfide) groups is 1. The quantitative estimate of drug-likeness (QED) is 0.490. The third kappa shape index (κ3) is 6.84. The summed E-state index contributed by atoms with van der Waals surface area (Å²) in [4.78, 5) is 8.35. The summed E-state index contributed by atoms with van der Waals surface area (Å²) in [7, 11) is 0. The summed E-state index contributed by atoms with van der Waals surface area (Å²) >= 11 is 1.88. The monoisotopic (exact) mass is 252 g/mol. The number of guanidine groups is 1. The minimum absolute atomic E-state index is 0.276. The van der Waals surface area contributed by atoms with Crippen LogP contribution in [0, 0.1) is 0 Å². The fourth-order valence-corrected chi connectivity index (χ4v) is 1.92. The minimum atomic E-state index is 0.276. The molecule has 0 spiro atoms. The predicted octanol–water partition coefficient (Wildman–Crippen LogP) is 2.34. The zero-order valence-electron chi connectivity index (χ0n) is 10.6. The number of nitrogens with two attached hydrogens (primary N) is 1. The molecule has 0 aromatic carbocycles. The van der Waals surface area contributed by atoms with E-state index in [9.17, 15) is 0 Å². The first kappa shape index (κ1) is 13.8. The van der Waals surface area contributed by atoms with Crippen molar-refractivity contribution >= 4 is 23.5 Å². The van der Waals surface area contributed by atoms with Gasteiger partial charge < -0.3 is 11.1 Å². The number of hydrogen-bond acceptors (Lipinski definition) is 3. The van der Waals surface area contributed by atoms with Gasteiger partial charge in [-0.2, -0.15) is 11.8 Å². The van der Waals surface area contributed by atoms with E-state index in [0.717, 1.165) is 11.6 Å². The Balaban J connectivity index is 2.31. The summed E-state index contributed by atoms with van der Waals surface area (Å²) in [5.74, 6) is 2.10. The Bertz CT molecular complexity index is 357. The summed E-state index contributed by atoms with van der Waals surface area (Å²) in [5.41, 5.74) is 5.75. The zero-order chi connectivity index (χ0) is 12.7. The van der Waals surface area contributed by atoms with Crippen LogP contribution >= 0.6 is 11.8 Å². The SMILES string of the molecule is CC(C)(C)SCCN=C(N)Nc1ccccn1. The lowest BCUT2D eigenvalue weighted by atomic mass is 10.3. The summed E-state index contributed by atoms with van der Waals surface area (Å²) in [6, 6.07) is 5.61. The van der Waals surface area contributed by atoms with Crippen molar-refractivity contribution in [2.45, 2.75) is 25.5 Å². The maximum atomic E-state index is 5.75. The van der Waals surface area contributed by atoms with Crippen molar-refractivity contribution in [3.05, 3.63) is 24.4 Å². The second-order valence-electron chi connectivity index (χ2n) is 4.57. The molecule has 94 valence electrons. The maximum Gasteiger partial charge on any atom is 0.194 e. The molecular weight excluding hydrogens is 232 g/mol. The molecule has 0 saturated carbocycles. The van der Waals surface area contributed by atoms with Crippen molar-refractivity contribution < 1.29 is 0 Å². The molecule has 1 aromatic rings. The summed E-state index contributed by atoms with van der Waals surface area (Å²) < 4.78 is 0.276. The molecule has 1 heterocycles. The van der Waals surface area contributed by atoms with Gasteiger partial charge in [0.15, 0.2) is 5.96 Å². The van der Waals surface area contributed by atoms with E-state index in [0.29, 0.717) is 12.5 Å². The molecule has 0 amide bonds. The first-order valence-electron chi connectivity index (χ1n) is 5.59. The smallest absolute Gasteiger partial charge is 0.194 e. The van der Waals surface area contributed by atoms with Gasteiger partial charge in [0.2, 0.25) is 0 Å². The van der Waals surface area contributed by atoms with E-state index < -0.39 is 0 Å². The van der Waals surface area contributed by atoms with Gasteiger partial charge >= 0.3 is 0 Å². The first-order chi connectivity index (χ1) is 7.97. The van der Waals surface area contributed by atoms with Crippen molar-refractivity contribution in [2.75, 3.05) is 17.6 Å². The molecule has 0 aliphatic heterocycles. The van der Waals surface area contributed by atoms with Crippen LogP contribution in [0.4, 0.5) is 5.82 Å². The highest BCUT2D eigenvalue weighted by Gasteiger charge is 2.09. The first-order valence-corrected chi connectivity index (χ1v) is 6.58. The average Bonchev–Trinajstić information content (AvgIpc) is 2.25. The van der Waals surface area contributed by atoms with Crippen molar-refractivity contribution in [3.8, 4) is 0 Å². The fourth-order valence-electron chi connectivity index (χ4n) is 1.13. The number of rotatable bonds is 4. The lowest BCUT2D eigenvalue weighted by molar-refractivity contribution is 0.802. The molecule has 4 nitrogen and oxygen atoms in total. The Hall–Kier alpha value is -1.23. The normalized spacial score (nSPS) is 12.5. The van der Waals surface area contributed by atoms with Crippen LogP contribution in [0.1, 0.15) is 20.8 Å². The molecule has 1 rings (SSSR count). The van der Waals surface area contributed by atoms with Gasteiger partial charge in [-0.05, 0) is 12.1 Å². The second kappa shape index (κ2) is 6.49. The van der Waals surface area contributed by atoms with Crippen LogP contribution in [0.3, 0.4) is 0 Å². The molecule has 0 unspecified atom stereocenters. The Morgan fingerprint density at radius 1 is 1.47 bits per heavy atom. The molecule has 5 heteroatoms.